The van der Waals surface area contributed by atoms with Crippen LogP contribution in [0.1, 0.15) is 10.5 Å². The van der Waals surface area contributed by atoms with Crippen LogP contribution in [0.15, 0.2) is 40.9 Å². The molecule has 0 aromatic carbocycles. The van der Waals surface area contributed by atoms with Crippen LogP contribution in [0.25, 0.3) is 5.65 Å². The Hall–Kier alpha value is -2.15. The Morgan fingerprint density at radius 1 is 1.39 bits per heavy atom. The summed E-state index contributed by atoms with van der Waals surface area (Å²) in [6.07, 6.45) is 4.09. The monoisotopic (exact) mass is 259 g/mol. The molecule has 0 unspecified atom stereocenters. The average molecular weight is 259 g/mol. The van der Waals surface area contributed by atoms with Crippen molar-refractivity contribution in [2.75, 3.05) is 0 Å². The summed E-state index contributed by atoms with van der Waals surface area (Å²) < 4.78 is 3.40. The molecule has 3 aromatic heterocycles. The maximum absolute atomic E-state index is 11.2. The van der Waals surface area contributed by atoms with Gasteiger partial charge < -0.3 is 0 Å². The quantitative estimate of drug-likeness (QED) is 0.666. The SMILES string of the molecule is Cn1ncnc1Sc1nc2ccccn2c1C=O. The molecule has 0 aliphatic carbocycles. The van der Waals surface area contributed by atoms with Gasteiger partial charge in [-0.2, -0.15) is 5.10 Å². The summed E-state index contributed by atoms with van der Waals surface area (Å²) in [5, 5.41) is 5.31. The number of imidazole rings is 1. The first-order chi connectivity index (χ1) is 8.79. The number of nitrogens with zero attached hydrogens (tertiary/aromatic N) is 5. The number of aldehydes is 1. The zero-order valence-corrected chi connectivity index (χ0v) is 10.3. The minimum absolute atomic E-state index is 0.526. The third kappa shape index (κ3) is 1.68. The van der Waals surface area contributed by atoms with E-state index in [1.807, 2.05) is 24.4 Å². The van der Waals surface area contributed by atoms with Gasteiger partial charge in [0.25, 0.3) is 0 Å². The molecule has 3 aromatic rings. The lowest BCUT2D eigenvalue weighted by Crippen LogP contribution is -1.94. The maximum Gasteiger partial charge on any atom is 0.192 e. The Kier molecular flexibility index (Phi) is 2.60. The molecular formula is C11H9N5OS. The second-order valence-corrected chi connectivity index (χ2v) is 4.57. The second kappa shape index (κ2) is 4.26. The molecule has 0 saturated heterocycles. The van der Waals surface area contributed by atoms with E-state index in [1.54, 1.807) is 16.1 Å². The molecule has 3 rings (SSSR count). The molecule has 90 valence electrons. The van der Waals surface area contributed by atoms with Crippen molar-refractivity contribution in [1.29, 1.82) is 0 Å². The summed E-state index contributed by atoms with van der Waals surface area (Å²) in [4.78, 5) is 19.7. The number of hydrogen-bond acceptors (Lipinski definition) is 5. The fraction of sp³-hybridized carbons (Fsp3) is 0.0909. The third-order valence-corrected chi connectivity index (χ3v) is 3.55. The number of aryl methyl sites for hydroxylation is 1. The third-order valence-electron chi connectivity index (χ3n) is 2.50. The largest absolute Gasteiger partial charge is 0.296 e. The van der Waals surface area contributed by atoms with E-state index < -0.39 is 0 Å². The molecule has 0 fully saturated rings. The number of carbonyl (C=O) groups excluding carboxylic acids is 1. The standard InChI is InChI=1S/C11H9N5OS/c1-15-11(12-7-13-15)18-10-8(6-17)16-5-3-2-4-9(16)14-10/h2-7H,1H3. The summed E-state index contributed by atoms with van der Waals surface area (Å²) in [6.45, 7) is 0. The molecule has 0 saturated carbocycles. The van der Waals surface area contributed by atoms with Gasteiger partial charge in [-0.15, -0.1) is 0 Å². The number of carbonyl (C=O) groups is 1. The van der Waals surface area contributed by atoms with Crippen LogP contribution in [-0.4, -0.2) is 30.4 Å². The number of fused-ring (bicyclic) bond motifs is 1. The fourth-order valence-corrected chi connectivity index (χ4v) is 2.48. The van der Waals surface area contributed by atoms with E-state index in [0.29, 0.717) is 15.9 Å². The van der Waals surface area contributed by atoms with E-state index in [1.165, 1.54) is 18.1 Å². The van der Waals surface area contributed by atoms with E-state index in [2.05, 4.69) is 15.1 Å². The molecule has 0 radical (unpaired) electrons. The molecule has 0 aliphatic rings. The highest BCUT2D eigenvalue weighted by Crippen LogP contribution is 2.27. The normalized spacial score (nSPS) is 10.9. The van der Waals surface area contributed by atoms with Crippen LogP contribution < -0.4 is 0 Å². The Labute approximate surface area is 107 Å². The highest BCUT2D eigenvalue weighted by Gasteiger charge is 2.14. The van der Waals surface area contributed by atoms with Crippen LogP contribution in [0, 0.1) is 0 Å². The van der Waals surface area contributed by atoms with Gasteiger partial charge in [0.1, 0.15) is 22.7 Å². The summed E-state index contributed by atoms with van der Waals surface area (Å²) in [5.74, 6) is 0. The van der Waals surface area contributed by atoms with Gasteiger partial charge in [-0.25, -0.2) is 14.6 Å². The zero-order chi connectivity index (χ0) is 12.5. The molecule has 0 aliphatic heterocycles. The predicted molar refractivity (Wildman–Crippen MR) is 65.7 cm³/mol. The Balaban J connectivity index is 2.11. The van der Waals surface area contributed by atoms with Crippen molar-refractivity contribution in [3.8, 4) is 0 Å². The van der Waals surface area contributed by atoms with Crippen molar-refractivity contribution < 1.29 is 4.79 Å². The summed E-state index contributed by atoms with van der Waals surface area (Å²) in [5.41, 5.74) is 1.27. The predicted octanol–water partition coefficient (Wildman–Crippen LogP) is 1.43. The lowest BCUT2D eigenvalue weighted by Gasteiger charge is -1.97. The maximum atomic E-state index is 11.2. The van der Waals surface area contributed by atoms with Gasteiger partial charge in [0.05, 0.1) is 0 Å². The molecule has 6 nitrogen and oxygen atoms in total. The van der Waals surface area contributed by atoms with Crippen LogP contribution in [-0.2, 0) is 7.05 Å². The minimum atomic E-state index is 0.526. The van der Waals surface area contributed by atoms with Crippen molar-refractivity contribution in [3.63, 3.8) is 0 Å². The summed E-state index contributed by atoms with van der Waals surface area (Å²) >= 11 is 1.32. The minimum Gasteiger partial charge on any atom is -0.296 e. The van der Waals surface area contributed by atoms with Crippen molar-refractivity contribution in [1.82, 2.24) is 24.1 Å². The van der Waals surface area contributed by atoms with Crippen molar-refractivity contribution in [2.45, 2.75) is 10.2 Å². The summed E-state index contributed by atoms with van der Waals surface area (Å²) in [6, 6.07) is 5.60. The van der Waals surface area contributed by atoms with Gasteiger partial charge >= 0.3 is 0 Å². The van der Waals surface area contributed by atoms with Crippen molar-refractivity contribution in [3.05, 3.63) is 36.4 Å². The number of pyridine rings is 1. The first-order valence-electron chi connectivity index (χ1n) is 5.23. The molecular weight excluding hydrogens is 250 g/mol. The highest BCUT2D eigenvalue weighted by atomic mass is 32.2. The van der Waals surface area contributed by atoms with Gasteiger partial charge in [0.15, 0.2) is 11.4 Å². The molecule has 0 bridgehead atoms. The summed E-state index contributed by atoms with van der Waals surface area (Å²) in [7, 11) is 1.80. The van der Waals surface area contributed by atoms with Crippen LogP contribution in [0.4, 0.5) is 0 Å². The lowest BCUT2D eigenvalue weighted by molar-refractivity contribution is 0.111. The van der Waals surface area contributed by atoms with Crippen LogP contribution >= 0.6 is 11.8 Å². The van der Waals surface area contributed by atoms with Crippen molar-refractivity contribution >= 4 is 23.7 Å². The molecule has 18 heavy (non-hydrogen) atoms. The first kappa shape index (κ1) is 11.0. The number of aromatic nitrogens is 5. The van der Waals surface area contributed by atoms with Crippen LogP contribution in [0.5, 0.6) is 0 Å². The van der Waals surface area contributed by atoms with E-state index in [-0.39, 0.29) is 0 Å². The van der Waals surface area contributed by atoms with Gasteiger partial charge in [-0.1, -0.05) is 6.07 Å². The molecule has 0 amide bonds. The van der Waals surface area contributed by atoms with Gasteiger partial charge in [-0.05, 0) is 23.9 Å². The lowest BCUT2D eigenvalue weighted by atomic mass is 10.4. The Morgan fingerprint density at radius 3 is 3.00 bits per heavy atom. The van der Waals surface area contributed by atoms with E-state index in [0.717, 1.165) is 11.9 Å². The van der Waals surface area contributed by atoms with Gasteiger partial charge in [0, 0.05) is 13.2 Å². The highest BCUT2D eigenvalue weighted by molar-refractivity contribution is 7.99. The van der Waals surface area contributed by atoms with E-state index in [4.69, 9.17) is 0 Å². The molecule has 0 spiro atoms. The number of hydrogen-bond donors (Lipinski definition) is 0. The van der Waals surface area contributed by atoms with Crippen LogP contribution in [0.3, 0.4) is 0 Å². The second-order valence-electron chi connectivity index (χ2n) is 3.62. The first-order valence-corrected chi connectivity index (χ1v) is 6.05. The van der Waals surface area contributed by atoms with E-state index >= 15 is 0 Å². The van der Waals surface area contributed by atoms with Gasteiger partial charge in [0.2, 0.25) is 0 Å². The fourth-order valence-electron chi connectivity index (χ4n) is 1.64. The Morgan fingerprint density at radius 2 is 2.28 bits per heavy atom. The number of rotatable bonds is 3. The molecule has 3 heterocycles. The molecule has 0 atom stereocenters. The molecule has 7 heteroatoms. The Bertz CT molecular complexity index is 717. The topological polar surface area (TPSA) is 65.1 Å². The zero-order valence-electron chi connectivity index (χ0n) is 9.52. The smallest absolute Gasteiger partial charge is 0.192 e. The van der Waals surface area contributed by atoms with E-state index in [9.17, 15) is 4.79 Å². The van der Waals surface area contributed by atoms with Crippen molar-refractivity contribution in [2.24, 2.45) is 7.05 Å². The average Bonchev–Trinajstić information content (AvgIpc) is 2.93. The van der Waals surface area contributed by atoms with Gasteiger partial charge in [-0.3, -0.25) is 9.20 Å². The van der Waals surface area contributed by atoms with Crippen LogP contribution in [0.2, 0.25) is 0 Å². The molecule has 0 N–H and O–H groups in total.